The van der Waals surface area contributed by atoms with Crippen LogP contribution in [0.3, 0.4) is 0 Å². The molecule has 7 heteroatoms. The number of carbonyl (C=O) groups is 1. The van der Waals surface area contributed by atoms with Crippen molar-refractivity contribution < 1.29 is 4.79 Å². The molecule has 0 bridgehead atoms. The Hall–Kier alpha value is -2.70. The van der Waals surface area contributed by atoms with Gasteiger partial charge in [0.15, 0.2) is 0 Å². The molecule has 0 aromatic carbocycles. The van der Waals surface area contributed by atoms with E-state index in [2.05, 4.69) is 14.9 Å². The van der Waals surface area contributed by atoms with Crippen LogP contribution in [-0.4, -0.2) is 51.5 Å². The van der Waals surface area contributed by atoms with Crippen LogP contribution < -0.4 is 10.5 Å². The Kier molecular flexibility index (Phi) is 4.68. The average molecular weight is 367 g/mol. The minimum absolute atomic E-state index is 0.0518. The lowest BCUT2D eigenvalue weighted by Gasteiger charge is -2.47. The van der Waals surface area contributed by atoms with Crippen molar-refractivity contribution >= 4 is 11.9 Å². The van der Waals surface area contributed by atoms with Gasteiger partial charge in [-0.05, 0) is 43.2 Å². The van der Waals surface area contributed by atoms with E-state index in [9.17, 15) is 9.59 Å². The van der Waals surface area contributed by atoms with Crippen molar-refractivity contribution in [2.24, 2.45) is 12.5 Å². The Bertz CT molecular complexity index is 871. The van der Waals surface area contributed by atoms with Crippen LogP contribution in [0.1, 0.15) is 36.2 Å². The fourth-order valence-corrected chi connectivity index (χ4v) is 4.37. The molecule has 0 atom stereocenters. The molecule has 27 heavy (non-hydrogen) atoms. The standard InChI is InChI=1S/C20H25N5O2/c1-23-16(5-2-6-17(23)26)18(27)24-13-8-20(9-14-24)7-3-12-25(15-20)19-21-10-4-11-22-19/h2,4-6,10-11H,3,7-9,12-15H2,1H3. The summed E-state index contributed by atoms with van der Waals surface area (Å²) in [7, 11) is 1.65. The number of likely N-dealkylation sites (tertiary alicyclic amines) is 1. The summed E-state index contributed by atoms with van der Waals surface area (Å²) in [6.45, 7) is 3.39. The Labute approximate surface area is 158 Å². The summed E-state index contributed by atoms with van der Waals surface area (Å²) < 4.78 is 1.43. The molecule has 2 aliphatic heterocycles. The van der Waals surface area contributed by atoms with E-state index in [1.807, 2.05) is 11.0 Å². The fraction of sp³-hybridized carbons (Fsp3) is 0.500. The largest absolute Gasteiger partial charge is 0.340 e. The van der Waals surface area contributed by atoms with Crippen LogP contribution in [0, 0.1) is 5.41 Å². The van der Waals surface area contributed by atoms with Gasteiger partial charge in [0.05, 0.1) is 0 Å². The maximum atomic E-state index is 12.9. The third-order valence-electron chi connectivity index (χ3n) is 6.01. The maximum absolute atomic E-state index is 12.9. The topological polar surface area (TPSA) is 71.3 Å². The van der Waals surface area contributed by atoms with Crippen molar-refractivity contribution in [1.82, 2.24) is 19.4 Å². The van der Waals surface area contributed by atoms with Gasteiger partial charge in [0.1, 0.15) is 5.69 Å². The van der Waals surface area contributed by atoms with E-state index >= 15 is 0 Å². The van der Waals surface area contributed by atoms with E-state index in [1.165, 1.54) is 17.1 Å². The van der Waals surface area contributed by atoms with E-state index in [0.29, 0.717) is 5.69 Å². The number of aromatic nitrogens is 3. The van der Waals surface area contributed by atoms with Crippen molar-refractivity contribution in [3.05, 3.63) is 52.7 Å². The van der Waals surface area contributed by atoms with Crippen molar-refractivity contribution in [2.45, 2.75) is 25.7 Å². The summed E-state index contributed by atoms with van der Waals surface area (Å²) >= 11 is 0. The highest BCUT2D eigenvalue weighted by atomic mass is 16.2. The van der Waals surface area contributed by atoms with Gasteiger partial charge < -0.3 is 14.4 Å². The highest BCUT2D eigenvalue weighted by molar-refractivity contribution is 5.92. The second kappa shape index (κ2) is 7.13. The second-order valence-corrected chi connectivity index (χ2v) is 7.67. The SMILES string of the molecule is Cn1c(C(=O)N2CCC3(CCCN(c4ncccn4)C3)CC2)cccc1=O. The summed E-state index contributed by atoms with van der Waals surface area (Å²) in [5.41, 5.74) is 0.526. The lowest BCUT2D eigenvalue weighted by molar-refractivity contribution is 0.0530. The van der Waals surface area contributed by atoms with Gasteiger partial charge in [0.2, 0.25) is 5.95 Å². The molecule has 142 valence electrons. The van der Waals surface area contributed by atoms with Crippen LogP contribution in [-0.2, 0) is 7.05 Å². The van der Waals surface area contributed by atoms with E-state index in [0.717, 1.165) is 51.4 Å². The van der Waals surface area contributed by atoms with Crippen LogP contribution in [0.5, 0.6) is 0 Å². The van der Waals surface area contributed by atoms with E-state index < -0.39 is 0 Å². The minimum Gasteiger partial charge on any atom is -0.340 e. The molecule has 0 saturated carbocycles. The van der Waals surface area contributed by atoms with Gasteiger partial charge in [-0.15, -0.1) is 0 Å². The molecule has 1 amide bonds. The lowest BCUT2D eigenvalue weighted by atomic mass is 9.72. The van der Waals surface area contributed by atoms with E-state index in [-0.39, 0.29) is 16.9 Å². The molecule has 2 fully saturated rings. The highest BCUT2D eigenvalue weighted by Crippen LogP contribution is 2.40. The number of rotatable bonds is 2. The van der Waals surface area contributed by atoms with Crippen molar-refractivity contribution in [3.63, 3.8) is 0 Å². The summed E-state index contributed by atoms with van der Waals surface area (Å²) in [6.07, 6.45) is 7.83. The molecule has 4 rings (SSSR count). The van der Waals surface area contributed by atoms with Gasteiger partial charge in [-0.2, -0.15) is 0 Å². The summed E-state index contributed by atoms with van der Waals surface area (Å²) in [5.74, 6) is 0.749. The molecule has 0 unspecified atom stereocenters. The fourth-order valence-electron chi connectivity index (χ4n) is 4.37. The number of pyridine rings is 1. The Morgan fingerprint density at radius 3 is 2.52 bits per heavy atom. The average Bonchev–Trinajstić information content (AvgIpc) is 2.71. The Morgan fingerprint density at radius 1 is 1.04 bits per heavy atom. The first-order valence-electron chi connectivity index (χ1n) is 9.55. The predicted molar refractivity (Wildman–Crippen MR) is 103 cm³/mol. The molecule has 4 heterocycles. The normalized spacial score (nSPS) is 19.3. The predicted octanol–water partition coefficient (Wildman–Crippen LogP) is 1.70. The summed E-state index contributed by atoms with van der Waals surface area (Å²) in [5, 5.41) is 0. The molecule has 2 aromatic heterocycles. The number of piperidine rings is 2. The van der Waals surface area contributed by atoms with Gasteiger partial charge in [-0.1, -0.05) is 6.07 Å². The van der Waals surface area contributed by atoms with Crippen LogP contribution in [0.25, 0.3) is 0 Å². The van der Waals surface area contributed by atoms with Crippen LogP contribution in [0.15, 0.2) is 41.5 Å². The molecule has 0 radical (unpaired) electrons. The van der Waals surface area contributed by atoms with Gasteiger partial charge >= 0.3 is 0 Å². The first kappa shape index (κ1) is 17.7. The van der Waals surface area contributed by atoms with Crippen LogP contribution >= 0.6 is 0 Å². The molecule has 1 spiro atoms. The Balaban J connectivity index is 1.44. The number of hydrogen-bond donors (Lipinski definition) is 0. The quantitative estimate of drug-likeness (QED) is 0.808. The summed E-state index contributed by atoms with van der Waals surface area (Å²) in [6, 6.07) is 6.69. The first-order valence-corrected chi connectivity index (χ1v) is 9.55. The summed E-state index contributed by atoms with van der Waals surface area (Å²) in [4.78, 5) is 37.6. The van der Waals surface area contributed by atoms with Gasteiger partial charge in [0.25, 0.3) is 11.5 Å². The van der Waals surface area contributed by atoms with Gasteiger partial charge in [-0.25, -0.2) is 9.97 Å². The smallest absolute Gasteiger partial charge is 0.270 e. The molecule has 2 aromatic rings. The van der Waals surface area contributed by atoms with Crippen molar-refractivity contribution in [3.8, 4) is 0 Å². The molecule has 2 saturated heterocycles. The first-order chi connectivity index (χ1) is 13.1. The number of amides is 1. The molecule has 2 aliphatic rings. The second-order valence-electron chi connectivity index (χ2n) is 7.67. The molecule has 7 nitrogen and oxygen atoms in total. The number of hydrogen-bond acceptors (Lipinski definition) is 5. The van der Waals surface area contributed by atoms with Crippen LogP contribution in [0.2, 0.25) is 0 Å². The monoisotopic (exact) mass is 367 g/mol. The molecule has 0 aliphatic carbocycles. The van der Waals surface area contributed by atoms with E-state index in [4.69, 9.17) is 0 Å². The van der Waals surface area contributed by atoms with Crippen molar-refractivity contribution in [1.29, 1.82) is 0 Å². The molecule has 0 N–H and O–H groups in total. The van der Waals surface area contributed by atoms with Gasteiger partial charge in [0, 0.05) is 51.7 Å². The number of carbonyl (C=O) groups excluding carboxylic acids is 1. The minimum atomic E-state index is -0.153. The van der Waals surface area contributed by atoms with Gasteiger partial charge in [-0.3, -0.25) is 9.59 Å². The number of nitrogens with zero attached hydrogens (tertiary/aromatic N) is 5. The number of anilines is 1. The lowest BCUT2D eigenvalue weighted by Crippen LogP contribution is -2.51. The maximum Gasteiger partial charge on any atom is 0.270 e. The zero-order valence-corrected chi connectivity index (χ0v) is 15.7. The van der Waals surface area contributed by atoms with Crippen LogP contribution in [0.4, 0.5) is 5.95 Å². The molecular weight excluding hydrogens is 342 g/mol. The third kappa shape index (κ3) is 3.46. The zero-order valence-electron chi connectivity index (χ0n) is 15.7. The van der Waals surface area contributed by atoms with E-state index in [1.54, 1.807) is 31.6 Å². The van der Waals surface area contributed by atoms with Crippen molar-refractivity contribution in [2.75, 3.05) is 31.1 Å². The third-order valence-corrected chi connectivity index (χ3v) is 6.01. The zero-order chi connectivity index (χ0) is 18.9. The highest BCUT2D eigenvalue weighted by Gasteiger charge is 2.40. The Morgan fingerprint density at radius 2 is 1.78 bits per heavy atom. The molecular formula is C20H25N5O2.